The molecule has 0 saturated carbocycles. The third-order valence-electron chi connectivity index (χ3n) is 6.60. The second kappa shape index (κ2) is 14.0. The number of para-hydroxylation sites is 1. The molecule has 0 fully saturated rings. The molecule has 0 spiro atoms. The molecule has 10 heteroatoms. The molecule has 0 unspecified atom stereocenters. The number of amides is 2. The Balaban J connectivity index is 2.10. The van der Waals surface area contributed by atoms with Crippen molar-refractivity contribution in [3.63, 3.8) is 0 Å². The number of nitrogens with zero attached hydrogens (tertiary/aromatic N) is 2. The zero-order chi connectivity index (χ0) is 29.4. The van der Waals surface area contributed by atoms with Gasteiger partial charge in [0, 0.05) is 28.7 Å². The smallest absolute Gasteiger partial charge is 0.264 e. The number of carbonyl (C=O) groups excluding carboxylic acids is 2. The Kier molecular flexibility index (Phi) is 11.0. The number of rotatable bonds is 12. The molecule has 0 bridgehead atoms. The van der Waals surface area contributed by atoms with Gasteiger partial charge in [0.05, 0.1) is 10.6 Å². The van der Waals surface area contributed by atoms with E-state index in [9.17, 15) is 18.0 Å². The summed E-state index contributed by atoms with van der Waals surface area (Å²) in [5.74, 6) is -0.891. The van der Waals surface area contributed by atoms with Gasteiger partial charge in [-0.3, -0.25) is 13.9 Å². The molecule has 3 aromatic rings. The highest BCUT2D eigenvalue weighted by Crippen LogP contribution is 2.30. The fraction of sp³-hybridized carbons (Fsp3) is 0.333. The zero-order valence-electron chi connectivity index (χ0n) is 23.2. The van der Waals surface area contributed by atoms with Crippen molar-refractivity contribution < 1.29 is 18.0 Å². The second-order valence-corrected chi connectivity index (χ2v) is 12.2. The molecule has 0 aliphatic heterocycles. The van der Waals surface area contributed by atoms with Crippen LogP contribution in [0.3, 0.4) is 0 Å². The second-order valence-electron chi connectivity index (χ2n) is 9.55. The minimum Gasteiger partial charge on any atom is -0.354 e. The van der Waals surface area contributed by atoms with Crippen molar-refractivity contribution in [3.05, 3.63) is 93.5 Å². The molecule has 7 nitrogen and oxygen atoms in total. The van der Waals surface area contributed by atoms with Crippen LogP contribution in [0.1, 0.15) is 43.4 Å². The first-order valence-electron chi connectivity index (χ1n) is 13.2. The van der Waals surface area contributed by atoms with Crippen LogP contribution in [0, 0.1) is 13.8 Å². The molecule has 3 aromatic carbocycles. The van der Waals surface area contributed by atoms with Gasteiger partial charge in [0.2, 0.25) is 11.8 Å². The lowest BCUT2D eigenvalue weighted by Crippen LogP contribution is -2.52. The number of hydrogen-bond acceptors (Lipinski definition) is 4. The Morgan fingerprint density at radius 1 is 0.900 bits per heavy atom. The Morgan fingerprint density at radius 3 is 2.10 bits per heavy atom. The molecular formula is C30H35Cl2N3O4S. The van der Waals surface area contributed by atoms with Crippen LogP contribution in [0.4, 0.5) is 5.69 Å². The summed E-state index contributed by atoms with van der Waals surface area (Å²) in [4.78, 5) is 28.8. The lowest BCUT2D eigenvalue weighted by Gasteiger charge is -2.34. The van der Waals surface area contributed by atoms with Gasteiger partial charge in [0.15, 0.2) is 0 Å². The van der Waals surface area contributed by atoms with Gasteiger partial charge in [-0.1, -0.05) is 79.0 Å². The van der Waals surface area contributed by atoms with Gasteiger partial charge in [0.1, 0.15) is 12.6 Å². The number of anilines is 1. The Morgan fingerprint density at radius 2 is 1.52 bits per heavy atom. The maximum atomic E-state index is 14.1. The van der Waals surface area contributed by atoms with E-state index in [-0.39, 0.29) is 17.3 Å². The molecule has 3 rings (SSSR count). The topological polar surface area (TPSA) is 86.8 Å². The third kappa shape index (κ3) is 7.36. The van der Waals surface area contributed by atoms with Gasteiger partial charge in [-0.05, 0) is 62.6 Å². The van der Waals surface area contributed by atoms with Crippen LogP contribution < -0.4 is 9.62 Å². The Hall–Kier alpha value is -3.07. The lowest BCUT2D eigenvalue weighted by molar-refractivity contribution is -0.140. The number of sulfonamides is 1. The van der Waals surface area contributed by atoms with Crippen molar-refractivity contribution in [2.45, 2.75) is 58.0 Å². The van der Waals surface area contributed by atoms with E-state index < -0.39 is 28.5 Å². The highest BCUT2D eigenvalue weighted by molar-refractivity contribution is 7.92. The summed E-state index contributed by atoms with van der Waals surface area (Å²) >= 11 is 12.9. The van der Waals surface area contributed by atoms with Gasteiger partial charge in [-0.25, -0.2) is 8.42 Å². The number of carbonyl (C=O) groups is 2. The first kappa shape index (κ1) is 31.5. The summed E-state index contributed by atoms with van der Waals surface area (Å²) in [6, 6.07) is 17.6. The highest BCUT2D eigenvalue weighted by atomic mass is 35.5. The van der Waals surface area contributed by atoms with E-state index in [0.717, 1.165) is 16.3 Å². The van der Waals surface area contributed by atoms with E-state index in [1.54, 1.807) is 68.4 Å². The van der Waals surface area contributed by atoms with Crippen molar-refractivity contribution in [1.29, 1.82) is 0 Å². The van der Waals surface area contributed by atoms with Crippen molar-refractivity contribution in [2.24, 2.45) is 0 Å². The van der Waals surface area contributed by atoms with Crippen LogP contribution in [-0.4, -0.2) is 44.3 Å². The summed E-state index contributed by atoms with van der Waals surface area (Å²) in [5.41, 5.74) is 2.43. The van der Waals surface area contributed by atoms with Gasteiger partial charge >= 0.3 is 0 Å². The number of nitrogens with one attached hydrogen (secondary N) is 1. The summed E-state index contributed by atoms with van der Waals surface area (Å²) < 4.78 is 29.0. The first-order valence-corrected chi connectivity index (χ1v) is 15.4. The van der Waals surface area contributed by atoms with Gasteiger partial charge in [0.25, 0.3) is 10.0 Å². The van der Waals surface area contributed by atoms with Crippen LogP contribution in [0.5, 0.6) is 0 Å². The number of benzene rings is 3. The monoisotopic (exact) mass is 603 g/mol. The number of hydrogen-bond donors (Lipinski definition) is 1. The number of aryl methyl sites for hydroxylation is 2. The van der Waals surface area contributed by atoms with Crippen LogP contribution in [0.2, 0.25) is 10.0 Å². The predicted octanol–water partition coefficient (Wildman–Crippen LogP) is 6.14. The molecule has 40 heavy (non-hydrogen) atoms. The quantitative estimate of drug-likeness (QED) is 0.269. The van der Waals surface area contributed by atoms with E-state index in [2.05, 4.69) is 5.32 Å². The van der Waals surface area contributed by atoms with Gasteiger partial charge in [-0.15, -0.1) is 0 Å². The maximum Gasteiger partial charge on any atom is 0.264 e. The molecule has 0 heterocycles. The summed E-state index contributed by atoms with van der Waals surface area (Å²) in [7, 11) is -4.14. The molecule has 1 N–H and O–H groups in total. The average molecular weight is 605 g/mol. The van der Waals surface area contributed by atoms with Crippen molar-refractivity contribution in [3.8, 4) is 0 Å². The fourth-order valence-corrected chi connectivity index (χ4v) is 6.33. The molecule has 0 aliphatic rings. The van der Waals surface area contributed by atoms with E-state index in [0.29, 0.717) is 39.8 Å². The standard InChI is InChI=1S/C30H35Cl2N3O4S/c1-5-18-33-30(37)27(6-2)34(19-24-25(31)11-9-12-26(24)32)29(36)20-35(28-13-8-7-10-22(28)4)40(38,39)23-16-14-21(3)15-17-23/h7-17,27H,5-6,18-20H2,1-4H3,(H,33,37)/t27-/m1/s1. The predicted molar refractivity (Wildman–Crippen MR) is 161 cm³/mol. The molecule has 0 saturated heterocycles. The van der Waals surface area contributed by atoms with Crippen molar-refractivity contribution in [1.82, 2.24) is 10.2 Å². The SMILES string of the molecule is CCCNC(=O)[C@@H](CC)N(Cc1c(Cl)cccc1Cl)C(=O)CN(c1ccccc1C)S(=O)(=O)c1ccc(C)cc1. The van der Waals surface area contributed by atoms with E-state index >= 15 is 0 Å². The van der Waals surface area contributed by atoms with Crippen LogP contribution in [0.15, 0.2) is 71.6 Å². The molecule has 0 radical (unpaired) electrons. The Labute approximate surface area is 247 Å². The summed E-state index contributed by atoms with van der Waals surface area (Å²) in [6.07, 6.45) is 1.03. The van der Waals surface area contributed by atoms with Crippen LogP contribution in [-0.2, 0) is 26.2 Å². The van der Waals surface area contributed by atoms with Gasteiger partial charge < -0.3 is 10.2 Å². The largest absolute Gasteiger partial charge is 0.354 e. The molecular weight excluding hydrogens is 569 g/mol. The number of halogens is 2. The minimum absolute atomic E-state index is 0.0579. The molecule has 0 aliphatic carbocycles. The summed E-state index contributed by atoms with van der Waals surface area (Å²) in [6.45, 7) is 7.23. The Bertz CT molecular complexity index is 1430. The van der Waals surface area contributed by atoms with E-state index in [1.165, 1.54) is 17.0 Å². The zero-order valence-corrected chi connectivity index (χ0v) is 25.5. The average Bonchev–Trinajstić information content (AvgIpc) is 2.92. The minimum atomic E-state index is -4.14. The van der Waals surface area contributed by atoms with Crippen LogP contribution in [0.25, 0.3) is 0 Å². The van der Waals surface area contributed by atoms with E-state index in [1.807, 2.05) is 13.8 Å². The molecule has 0 aromatic heterocycles. The highest BCUT2D eigenvalue weighted by Gasteiger charge is 2.34. The fourth-order valence-electron chi connectivity index (χ4n) is 4.33. The van der Waals surface area contributed by atoms with E-state index in [4.69, 9.17) is 23.2 Å². The first-order chi connectivity index (χ1) is 19.0. The maximum absolute atomic E-state index is 14.1. The van der Waals surface area contributed by atoms with Crippen molar-refractivity contribution in [2.75, 3.05) is 17.4 Å². The third-order valence-corrected chi connectivity index (χ3v) is 9.08. The molecule has 1 atom stereocenters. The molecule has 214 valence electrons. The summed E-state index contributed by atoms with van der Waals surface area (Å²) in [5, 5.41) is 3.55. The van der Waals surface area contributed by atoms with Gasteiger partial charge in [-0.2, -0.15) is 0 Å². The normalized spacial score (nSPS) is 12.1. The lowest BCUT2D eigenvalue weighted by atomic mass is 10.1. The van der Waals surface area contributed by atoms with Crippen LogP contribution >= 0.6 is 23.2 Å². The van der Waals surface area contributed by atoms with Crippen molar-refractivity contribution >= 4 is 50.7 Å². The molecule has 2 amide bonds.